The second-order valence-electron chi connectivity index (χ2n) is 20.6. The molecule has 0 aliphatic heterocycles. The van der Waals surface area contributed by atoms with Crippen LogP contribution in [-0.2, 0) is 28.6 Å². The van der Waals surface area contributed by atoms with Gasteiger partial charge in [0, 0.05) is 19.3 Å². The minimum atomic E-state index is -0.786. The van der Waals surface area contributed by atoms with Crippen molar-refractivity contribution in [1.82, 2.24) is 0 Å². The normalized spacial score (nSPS) is 12.6. The van der Waals surface area contributed by atoms with Crippen LogP contribution in [0.2, 0.25) is 0 Å². The number of allylic oxidation sites excluding steroid dienone is 14. The van der Waals surface area contributed by atoms with Crippen molar-refractivity contribution in [3.63, 3.8) is 0 Å². The van der Waals surface area contributed by atoms with Crippen molar-refractivity contribution in [1.29, 1.82) is 0 Å². The van der Waals surface area contributed by atoms with E-state index in [2.05, 4.69) is 106 Å². The number of esters is 3. The van der Waals surface area contributed by atoms with Crippen LogP contribution in [-0.4, -0.2) is 37.2 Å². The molecular weight excluding hydrogens is 901 g/mol. The number of carbonyl (C=O) groups excluding carboxylic acids is 3. The van der Waals surface area contributed by atoms with Gasteiger partial charge in [-0.15, -0.1) is 0 Å². The van der Waals surface area contributed by atoms with Crippen LogP contribution in [0.1, 0.15) is 303 Å². The van der Waals surface area contributed by atoms with Crippen LogP contribution in [0.3, 0.4) is 0 Å². The minimum Gasteiger partial charge on any atom is -0.462 e. The minimum absolute atomic E-state index is 0.0830. The van der Waals surface area contributed by atoms with Crippen LogP contribution < -0.4 is 0 Å². The van der Waals surface area contributed by atoms with E-state index in [9.17, 15) is 14.4 Å². The molecule has 73 heavy (non-hydrogen) atoms. The van der Waals surface area contributed by atoms with Crippen molar-refractivity contribution in [3.8, 4) is 0 Å². The first-order valence-electron chi connectivity index (χ1n) is 31.1. The molecule has 0 saturated carbocycles. The van der Waals surface area contributed by atoms with E-state index in [1.807, 2.05) is 0 Å². The van der Waals surface area contributed by atoms with E-state index in [1.54, 1.807) is 0 Å². The van der Waals surface area contributed by atoms with Crippen LogP contribution in [0.4, 0.5) is 0 Å². The summed E-state index contributed by atoms with van der Waals surface area (Å²) in [7, 11) is 0. The van der Waals surface area contributed by atoms with Gasteiger partial charge in [-0.25, -0.2) is 0 Å². The SMILES string of the molecule is CC/C=C\C/C=C\C/C=C\C/C=C\CCCCCCCCCCCCCCCCC(=O)OCC(COC(=O)CCCCC/C=C\C/C=C\C/C=C\CC)OC(=O)CCCCCCCCCCCCCCCCC. The summed E-state index contributed by atoms with van der Waals surface area (Å²) in [5.74, 6) is -0.902. The standard InChI is InChI=1S/C67H116O6/c1-4-7-10-13-16-19-22-25-27-28-29-30-31-32-33-34-35-36-37-38-40-42-45-48-51-54-57-60-66(69)72-63-64(62-71-65(68)59-56-53-50-47-44-41-24-21-18-15-12-9-6-3)73-67(70)61-58-55-52-49-46-43-39-26-23-20-17-14-11-8-5-2/h7,9-10,12,16,18-19,21,25,27,29-30,41,44,64H,4-6,8,11,13-15,17,20,22-24,26,28,31-40,42-43,45-63H2,1-3H3/b10-7-,12-9-,19-16-,21-18-,27-25-,30-29-,44-41-. The van der Waals surface area contributed by atoms with E-state index >= 15 is 0 Å². The van der Waals surface area contributed by atoms with Gasteiger partial charge in [0.2, 0.25) is 0 Å². The first kappa shape index (κ1) is 69.6. The monoisotopic (exact) mass is 1020 g/mol. The van der Waals surface area contributed by atoms with E-state index in [1.165, 1.54) is 154 Å². The Balaban J connectivity index is 4.25. The number of hydrogen-bond acceptors (Lipinski definition) is 6. The molecule has 0 aliphatic rings. The van der Waals surface area contributed by atoms with Gasteiger partial charge in [0.15, 0.2) is 6.10 Å². The molecule has 1 unspecified atom stereocenters. The second kappa shape index (κ2) is 61.1. The maximum absolute atomic E-state index is 12.9. The zero-order valence-electron chi connectivity index (χ0n) is 48.1. The lowest BCUT2D eigenvalue weighted by molar-refractivity contribution is -0.167. The van der Waals surface area contributed by atoms with Gasteiger partial charge in [0.05, 0.1) is 0 Å². The zero-order chi connectivity index (χ0) is 52.9. The Bertz CT molecular complexity index is 1400. The summed E-state index contributed by atoms with van der Waals surface area (Å²) in [6, 6.07) is 0. The highest BCUT2D eigenvalue weighted by Crippen LogP contribution is 2.17. The molecule has 0 bridgehead atoms. The molecule has 0 aromatic rings. The predicted molar refractivity (Wildman–Crippen MR) is 316 cm³/mol. The fourth-order valence-corrected chi connectivity index (χ4v) is 8.80. The van der Waals surface area contributed by atoms with Crippen molar-refractivity contribution >= 4 is 17.9 Å². The summed E-state index contributed by atoms with van der Waals surface area (Å²) in [6.07, 6.45) is 80.2. The van der Waals surface area contributed by atoms with Gasteiger partial charge in [-0.3, -0.25) is 14.4 Å². The van der Waals surface area contributed by atoms with Gasteiger partial charge in [-0.2, -0.15) is 0 Å². The van der Waals surface area contributed by atoms with Gasteiger partial charge in [-0.1, -0.05) is 279 Å². The molecule has 0 spiro atoms. The third-order valence-electron chi connectivity index (χ3n) is 13.4. The van der Waals surface area contributed by atoms with Gasteiger partial charge in [-0.05, 0) is 89.9 Å². The fourth-order valence-electron chi connectivity index (χ4n) is 8.80. The summed E-state index contributed by atoms with van der Waals surface area (Å²) < 4.78 is 16.9. The Morgan fingerprint density at radius 2 is 0.534 bits per heavy atom. The Morgan fingerprint density at radius 3 is 0.849 bits per heavy atom. The summed E-state index contributed by atoms with van der Waals surface area (Å²) in [6.45, 7) is 6.42. The second-order valence-corrected chi connectivity index (χ2v) is 20.6. The Kier molecular flexibility index (Phi) is 58.3. The first-order chi connectivity index (χ1) is 36.0. The molecule has 420 valence electrons. The smallest absolute Gasteiger partial charge is 0.306 e. The van der Waals surface area contributed by atoms with Crippen LogP contribution in [0.5, 0.6) is 0 Å². The third-order valence-corrected chi connectivity index (χ3v) is 13.4. The van der Waals surface area contributed by atoms with E-state index in [0.717, 1.165) is 109 Å². The van der Waals surface area contributed by atoms with E-state index in [-0.39, 0.29) is 31.1 Å². The van der Waals surface area contributed by atoms with E-state index in [4.69, 9.17) is 14.2 Å². The molecular formula is C67H116O6. The maximum atomic E-state index is 12.9. The van der Waals surface area contributed by atoms with Crippen molar-refractivity contribution < 1.29 is 28.6 Å². The summed E-state index contributed by atoms with van der Waals surface area (Å²) >= 11 is 0. The van der Waals surface area contributed by atoms with Crippen molar-refractivity contribution in [2.75, 3.05) is 13.2 Å². The molecule has 0 aromatic heterocycles. The van der Waals surface area contributed by atoms with Crippen LogP contribution >= 0.6 is 0 Å². The maximum Gasteiger partial charge on any atom is 0.306 e. The Hall–Kier alpha value is -3.41. The molecule has 0 heterocycles. The molecule has 0 N–H and O–H groups in total. The fraction of sp³-hybridized carbons (Fsp3) is 0.746. The highest BCUT2D eigenvalue weighted by Gasteiger charge is 2.19. The molecule has 0 aromatic carbocycles. The van der Waals surface area contributed by atoms with Crippen LogP contribution in [0.25, 0.3) is 0 Å². The summed E-state index contributed by atoms with van der Waals surface area (Å²) in [4.78, 5) is 38.2. The summed E-state index contributed by atoms with van der Waals surface area (Å²) in [5.41, 5.74) is 0. The number of carbonyl (C=O) groups is 3. The van der Waals surface area contributed by atoms with Gasteiger partial charge >= 0.3 is 17.9 Å². The van der Waals surface area contributed by atoms with Gasteiger partial charge in [0.1, 0.15) is 13.2 Å². The van der Waals surface area contributed by atoms with E-state index < -0.39 is 6.10 Å². The molecule has 6 heteroatoms. The Labute approximate surface area is 452 Å². The first-order valence-corrected chi connectivity index (χ1v) is 31.1. The number of hydrogen-bond donors (Lipinski definition) is 0. The molecule has 0 rings (SSSR count). The van der Waals surface area contributed by atoms with Crippen molar-refractivity contribution in [2.24, 2.45) is 0 Å². The average molecular weight is 1020 g/mol. The number of unbranched alkanes of at least 4 members (excludes halogenated alkanes) is 31. The third kappa shape index (κ3) is 59.3. The number of rotatable bonds is 56. The van der Waals surface area contributed by atoms with Crippen LogP contribution in [0, 0.1) is 0 Å². The number of ether oxygens (including phenoxy) is 3. The molecule has 0 radical (unpaired) electrons. The van der Waals surface area contributed by atoms with Crippen LogP contribution in [0.15, 0.2) is 85.1 Å². The molecule has 1 atom stereocenters. The quantitative estimate of drug-likeness (QED) is 0.0261. The molecule has 0 fully saturated rings. The van der Waals surface area contributed by atoms with Gasteiger partial charge < -0.3 is 14.2 Å². The lowest BCUT2D eigenvalue weighted by atomic mass is 10.0. The highest BCUT2D eigenvalue weighted by molar-refractivity contribution is 5.71. The van der Waals surface area contributed by atoms with E-state index in [0.29, 0.717) is 19.3 Å². The predicted octanol–water partition coefficient (Wildman–Crippen LogP) is 21.1. The lowest BCUT2D eigenvalue weighted by Gasteiger charge is -2.18. The largest absolute Gasteiger partial charge is 0.462 e. The van der Waals surface area contributed by atoms with Crippen molar-refractivity contribution in [3.05, 3.63) is 85.1 Å². The topological polar surface area (TPSA) is 78.9 Å². The average Bonchev–Trinajstić information content (AvgIpc) is 3.39. The zero-order valence-corrected chi connectivity index (χ0v) is 48.1. The highest BCUT2D eigenvalue weighted by atomic mass is 16.6. The molecule has 6 nitrogen and oxygen atoms in total. The molecule has 0 aliphatic carbocycles. The molecule has 0 amide bonds. The van der Waals surface area contributed by atoms with Gasteiger partial charge in [0.25, 0.3) is 0 Å². The molecule has 0 saturated heterocycles. The Morgan fingerprint density at radius 1 is 0.288 bits per heavy atom. The summed E-state index contributed by atoms with van der Waals surface area (Å²) in [5, 5.41) is 0. The van der Waals surface area contributed by atoms with Crippen molar-refractivity contribution in [2.45, 2.75) is 309 Å². The lowest BCUT2D eigenvalue weighted by Crippen LogP contribution is -2.30.